The Balaban J connectivity index is 1.53. The van der Waals surface area contributed by atoms with Crippen molar-refractivity contribution in [2.75, 3.05) is 45.8 Å². The van der Waals surface area contributed by atoms with E-state index in [-0.39, 0.29) is 10.8 Å². The Bertz CT molecular complexity index is 723. The molecule has 1 aromatic carbocycles. The number of rotatable bonds is 4. The van der Waals surface area contributed by atoms with Gasteiger partial charge in [-0.2, -0.15) is 4.31 Å². The molecule has 1 amide bonds. The minimum absolute atomic E-state index is 0.110. The highest BCUT2D eigenvalue weighted by Crippen LogP contribution is 2.20. The largest absolute Gasteiger partial charge is 0.339 e. The highest BCUT2D eigenvalue weighted by molar-refractivity contribution is 7.89. The molecule has 0 N–H and O–H groups in total. The molecular weight excluding hydrogens is 386 g/mol. The Kier molecular flexibility index (Phi) is 7.14. The van der Waals surface area contributed by atoms with Crippen molar-refractivity contribution < 1.29 is 13.2 Å². The van der Waals surface area contributed by atoms with Gasteiger partial charge >= 0.3 is 0 Å². The van der Waals surface area contributed by atoms with Crippen LogP contribution >= 0.6 is 11.6 Å². The van der Waals surface area contributed by atoms with Gasteiger partial charge in [0.1, 0.15) is 0 Å². The zero-order chi connectivity index (χ0) is 19.3. The van der Waals surface area contributed by atoms with E-state index in [1.807, 2.05) is 0 Å². The van der Waals surface area contributed by atoms with Crippen LogP contribution in [0.5, 0.6) is 0 Å². The summed E-state index contributed by atoms with van der Waals surface area (Å²) in [4.78, 5) is 16.9. The maximum Gasteiger partial charge on any atom is 0.243 e. The van der Waals surface area contributed by atoms with Crippen LogP contribution in [-0.2, 0) is 14.8 Å². The molecule has 27 heavy (non-hydrogen) atoms. The second kappa shape index (κ2) is 9.37. The summed E-state index contributed by atoms with van der Waals surface area (Å²) in [5.74, 6) is 0.110. The highest BCUT2D eigenvalue weighted by atomic mass is 35.5. The lowest BCUT2D eigenvalue weighted by Crippen LogP contribution is -2.52. The fourth-order valence-corrected chi connectivity index (χ4v) is 5.24. The lowest BCUT2D eigenvalue weighted by atomic mass is 10.1. The van der Waals surface area contributed by atoms with Gasteiger partial charge in [-0.1, -0.05) is 30.9 Å². The van der Waals surface area contributed by atoms with Crippen molar-refractivity contribution in [2.24, 2.45) is 0 Å². The second-order valence-corrected chi connectivity index (χ2v) is 9.66. The molecule has 2 saturated heterocycles. The number of hydrogen-bond acceptors (Lipinski definition) is 4. The van der Waals surface area contributed by atoms with Gasteiger partial charge in [0, 0.05) is 31.2 Å². The highest BCUT2D eigenvalue weighted by Gasteiger charge is 2.30. The molecule has 2 fully saturated rings. The Hall–Kier alpha value is -1.15. The average Bonchev–Trinajstić information content (AvgIpc) is 2.64. The Labute approximate surface area is 167 Å². The third-order valence-electron chi connectivity index (χ3n) is 5.35. The molecule has 0 atom stereocenters. The summed E-state index contributed by atoms with van der Waals surface area (Å²) >= 11 is 5.84. The Morgan fingerprint density at radius 2 is 1.41 bits per heavy atom. The minimum atomic E-state index is -3.54. The summed E-state index contributed by atoms with van der Waals surface area (Å²) in [7, 11) is -3.54. The summed E-state index contributed by atoms with van der Waals surface area (Å²) in [6, 6.07) is 6.21. The van der Waals surface area contributed by atoms with Crippen LogP contribution < -0.4 is 0 Å². The number of amides is 1. The number of carbonyl (C=O) groups excluding carboxylic acids is 1. The quantitative estimate of drug-likeness (QED) is 0.760. The average molecular weight is 414 g/mol. The summed E-state index contributed by atoms with van der Waals surface area (Å²) in [6.07, 6.45) is 6.09. The molecule has 150 valence electrons. The summed E-state index contributed by atoms with van der Waals surface area (Å²) < 4.78 is 26.9. The predicted molar refractivity (Wildman–Crippen MR) is 106 cm³/mol. The first-order valence-corrected chi connectivity index (χ1v) is 11.5. The molecule has 1 aromatic rings. The third-order valence-corrected chi connectivity index (χ3v) is 7.52. The van der Waals surface area contributed by atoms with Crippen LogP contribution in [0.15, 0.2) is 29.2 Å². The second-order valence-electron chi connectivity index (χ2n) is 7.28. The van der Waals surface area contributed by atoms with E-state index in [1.54, 1.807) is 17.0 Å². The van der Waals surface area contributed by atoms with Crippen molar-refractivity contribution in [2.45, 2.75) is 37.0 Å². The van der Waals surface area contributed by atoms with Crippen molar-refractivity contribution in [1.82, 2.24) is 14.1 Å². The summed E-state index contributed by atoms with van der Waals surface area (Å²) in [6.45, 7) is 3.96. The first-order chi connectivity index (χ1) is 13.0. The van der Waals surface area contributed by atoms with Crippen LogP contribution in [-0.4, -0.2) is 74.2 Å². The van der Waals surface area contributed by atoms with Gasteiger partial charge < -0.3 is 4.90 Å². The molecule has 0 unspecified atom stereocenters. The third kappa shape index (κ3) is 5.44. The van der Waals surface area contributed by atoms with Gasteiger partial charge in [-0.15, -0.1) is 0 Å². The number of benzene rings is 1. The predicted octanol–water partition coefficient (Wildman–Crippen LogP) is 2.44. The van der Waals surface area contributed by atoms with E-state index in [0.717, 1.165) is 25.9 Å². The number of nitrogens with zero attached hydrogens (tertiary/aromatic N) is 3. The van der Waals surface area contributed by atoms with Crippen LogP contribution in [0, 0.1) is 0 Å². The number of carbonyl (C=O) groups is 1. The standard InChI is InChI=1S/C19H28ClN3O3S/c20-17-6-8-18(9-7-17)27(25,26)23-14-12-22(13-15-23)19(24)16-21-10-4-2-1-3-5-11-21/h6-9H,1-5,10-16H2. The molecule has 0 radical (unpaired) electrons. The molecule has 2 heterocycles. The molecule has 2 aliphatic heterocycles. The lowest BCUT2D eigenvalue weighted by Gasteiger charge is -2.35. The fourth-order valence-electron chi connectivity index (χ4n) is 3.70. The zero-order valence-corrected chi connectivity index (χ0v) is 17.2. The van der Waals surface area contributed by atoms with Crippen molar-refractivity contribution in [3.8, 4) is 0 Å². The maximum atomic E-state index is 12.7. The Morgan fingerprint density at radius 3 is 2.00 bits per heavy atom. The van der Waals surface area contributed by atoms with Gasteiger partial charge in [0.15, 0.2) is 0 Å². The van der Waals surface area contributed by atoms with Crippen LogP contribution in [0.1, 0.15) is 32.1 Å². The first-order valence-electron chi connectivity index (χ1n) is 9.73. The molecule has 8 heteroatoms. The van der Waals surface area contributed by atoms with E-state index in [4.69, 9.17) is 11.6 Å². The van der Waals surface area contributed by atoms with E-state index in [0.29, 0.717) is 37.7 Å². The molecule has 6 nitrogen and oxygen atoms in total. The smallest absolute Gasteiger partial charge is 0.243 e. The van der Waals surface area contributed by atoms with Crippen LogP contribution in [0.2, 0.25) is 5.02 Å². The maximum absolute atomic E-state index is 12.7. The van der Waals surface area contributed by atoms with Gasteiger partial charge in [-0.25, -0.2) is 8.42 Å². The van der Waals surface area contributed by atoms with E-state index in [1.165, 1.54) is 35.7 Å². The van der Waals surface area contributed by atoms with E-state index in [9.17, 15) is 13.2 Å². The van der Waals surface area contributed by atoms with Crippen molar-refractivity contribution >= 4 is 27.5 Å². The number of likely N-dealkylation sites (tertiary alicyclic amines) is 1. The van der Waals surface area contributed by atoms with Gasteiger partial charge in [0.25, 0.3) is 0 Å². The number of hydrogen-bond donors (Lipinski definition) is 0. The Morgan fingerprint density at radius 1 is 0.852 bits per heavy atom. The van der Waals surface area contributed by atoms with Crippen LogP contribution in [0.4, 0.5) is 0 Å². The number of sulfonamides is 1. The summed E-state index contributed by atoms with van der Waals surface area (Å²) in [5.41, 5.74) is 0. The van der Waals surface area contributed by atoms with E-state index in [2.05, 4.69) is 4.90 Å². The molecule has 2 aliphatic rings. The SMILES string of the molecule is O=C(CN1CCCCCCC1)N1CCN(S(=O)(=O)c2ccc(Cl)cc2)CC1. The van der Waals surface area contributed by atoms with Gasteiger partial charge in [-0.05, 0) is 50.2 Å². The number of halogens is 1. The minimum Gasteiger partial charge on any atom is -0.339 e. The van der Waals surface area contributed by atoms with E-state index < -0.39 is 10.0 Å². The van der Waals surface area contributed by atoms with Gasteiger partial charge in [0.05, 0.1) is 11.4 Å². The summed E-state index contributed by atoms with van der Waals surface area (Å²) in [5, 5.41) is 0.508. The molecule has 0 aromatic heterocycles. The normalized spacial score (nSPS) is 20.9. The first kappa shape index (κ1) is 20.6. The van der Waals surface area contributed by atoms with E-state index >= 15 is 0 Å². The van der Waals surface area contributed by atoms with Gasteiger partial charge in [0.2, 0.25) is 15.9 Å². The number of piperazine rings is 1. The molecule has 3 rings (SSSR count). The van der Waals surface area contributed by atoms with Crippen LogP contribution in [0.3, 0.4) is 0 Å². The topological polar surface area (TPSA) is 60.9 Å². The van der Waals surface area contributed by atoms with Crippen LogP contribution in [0.25, 0.3) is 0 Å². The lowest BCUT2D eigenvalue weighted by molar-refractivity contribution is -0.133. The molecule has 0 spiro atoms. The molecular formula is C19H28ClN3O3S. The van der Waals surface area contributed by atoms with Crippen molar-refractivity contribution in [3.05, 3.63) is 29.3 Å². The fraction of sp³-hybridized carbons (Fsp3) is 0.632. The van der Waals surface area contributed by atoms with Crippen molar-refractivity contribution in [1.29, 1.82) is 0 Å². The monoisotopic (exact) mass is 413 g/mol. The zero-order valence-electron chi connectivity index (χ0n) is 15.6. The molecule has 0 bridgehead atoms. The molecule has 0 aliphatic carbocycles. The van der Waals surface area contributed by atoms with Gasteiger partial charge in [-0.3, -0.25) is 9.69 Å². The molecule has 0 saturated carbocycles. The van der Waals surface area contributed by atoms with Crippen molar-refractivity contribution in [3.63, 3.8) is 0 Å².